The average molecular weight is 255 g/mol. The maximum Gasteiger partial charge on any atom is 0.507 e. The van der Waals surface area contributed by atoms with Gasteiger partial charge in [0.1, 0.15) is 5.60 Å². The van der Waals surface area contributed by atoms with E-state index in [9.17, 15) is 4.79 Å². The van der Waals surface area contributed by atoms with Gasteiger partial charge in [0.2, 0.25) is 0 Å². The van der Waals surface area contributed by atoms with Gasteiger partial charge in [-0.3, -0.25) is 4.68 Å². The molecule has 18 heavy (non-hydrogen) atoms. The molecule has 0 spiro atoms. The Hall–Kier alpha value is -1.54. The Morgan fingerprint density at radius 3 is 2.61 bits per heavy atom. The van der Waals surface area contributed by atoms with Crippen LogP contribution in [0, 0.1) is 0 Å². The molecular formula is C10H18BN3O4. The lowest BCUT2D eigenvalue weighted by Gasteiger charge is -2.19. The number of alkyl carbamates (subject to hydrolysis) is 1. The zero-order chi connectivity index (χ0) is 13.9. The monoisotopic (exact) mass is 255 g/mol. The van der Waals surface area contributed by atoms with E-state index >= 15 is 0 Å². The molecule has 100 valence electrons. The first kappa shape index (κ1) is 14.5. The van der Waals surface area contributed by atoms with Crippen LogP contribution < -0.4 is 10.9 Å². The smallest absolute Gasteiger partial charge is 0.444 e. The fourth-order valence-electron chi connectivity index (χ4n) is 1.35. The summed E-state index contributed by atoms with van der Waals surface area (Å²) in [6.45, 7) is 5.48. The van der Waals surface area contributed by atoms with E-state index < -0.39 is 18.8 Å². The molecular weight excluding hydrogens is 237 g/mol. The Morgan fingerprint density at radius 1 is 1.56 bits per heavy atom. The summed E-state index contributed by atoms with van der Waals surface area (Å²) in [4.78, 5) is 11.4. The highest BCUT2D eigenvalue weighted by molar-refractivity contribution is 6.57. The Labute approximate surface area is 106 Å². The minimum absolute atomic E-state index is 0.162. The molecule has 0 unspecified atom stereocenters. The summed E-state index contributed by atoms with van der Waals surface area (Å²) in [5.41, 5.74) is 0.225. The van der Waals surface area contributed by atoms with Crippen LogP contribution in [0.4, 0.5) is 4.79 Å². The Morgan fingerprint density at radius 2 is 2.17 bits per heavy atom. The number of hydrogen-bond donors (Lipinski definition) is 3. The Bertz CT molecular complexity index is 425. The predicted molar refractivity (Wildman–Crippen MR) is 66.1 cm³/mol. The molecule has 1 amide bonds. The number of nitrogens with zero attached hydrogens (tertiary/aromatic N) is 2. The molecule has 0 atom stereocenters. The summed E-state index contributed by atoms with van der Waals surface area (Å²) in [5.74, 6) is 0. The van der Waals surface area contributed by atoms with E-state index in [2.05, 4.69) is 10.4 Å². The first-order chi connectivity index (χ1) is 8.19. The highest BCUT2D eigenvalue weighted by Crippen LogP contribution is 2.06. The molecule has 0 saturated carbocycles. The van der Waals surface area contributed by atoms with Crippen molar-refractivity contribution < 1.29 is 19.6 Å². The van der Waals surface area contributed by atoms with Gasteiger partial charge in [-0.15, -0.1) is 0 Å². The maximum atomic E-state index is 11.4. The molecule has 1 aromatic heterocycles. The minimum Gasteiger partial charge on any atom is -0.444 e. The number of hydrogen-bond acceptors (Lipinski definition) is 5. The number of amides is 1. The van der Waals surface area contributed by atoms with E-state index in [0.29, 0.717) is 5.69 Å². The molecule has 0 aromatic carbocycles. The van der Waals surface area contributed by atoms with Crippen molar-refractivity contribution in [1.82, 2.24) is 15.1 Å². The van der Waals surface area contributed by atoms with Crippen molar-refractivity contribution in [3.05, 3.63) is 11.8 Å². The minimum atomic E-state index is -1.59. The number of carbonyl (C=O) groups excluding carboxylic acids is 1. The zero-order valence-electron chi connectivity index (χ0n) is 11.0. The fourth-order valence-corrected chi connectivity index (χ4v) is 1.35. The van der Waals surface area contributed by atoms with Crippen LogP contribution in [0.15, 0.2) is 6.07 Å². The summed E-state index contributed by atoms with van der Waals surface area (Å²) in [6.07, 6.45) is -0.542. The molecule has 3 N–H and O–H groups in total. The van der Waals surface area contributed by atoms with Crippen LogP contribution in [-0.4, -0.2) is 38.6 Å². The molecule has 0 radical (unpaired) electrons. The molecule has 1 aromatic rings. The molecule has 8 heteroatoms. The second-order valence-corrected chi connectivity index (χ2v) is 4.91. The quantitative estimate of drug-likeness (QED) is 0.610. The third kappa shape index (κ3) is 4.38. The van der Waals surface area contributed by atoms with Crippen molar-refractivity contribution in [3.8, 4) is 0 Å². The topological polar surface area (TPSA) is 96.6 Å². The van der Waals surface area contributed by atoms with Crippen LogP contribution >= 0.6 is 0 Å². The highest BCUT2D eigenvalue weighted by Gasteiger charge is 2.19. The van der Waals surface area contributed by atoms with Crippen LogP contribution in [0.1, 0.15) is 26.5 Å². The van der Waals surface area contributed by atoms with Crippen LogP contribution in [0.5, 0.6) is 0 Å². The van der Waals surface area contributed by atoms with Crippen molar-refractivity contribution >= 4 is 18.8 Å². The van der Waals surface area contributed by atoms with Crippen molar-refractivity contribution in [2.75, 3.05) is 0 Å². The van der Waals surface area contributed by atoms with Crippen molar-refractivity contribution in [1.29, 1.82) is 0 Å². The van der Waals surface area contributed by atoms with Gasteiger partial charge in [0, 0.05) is 7.05 Å². The molecule has 0 aliphatic rings. The lowest BCUT2D eigenvalue weighted by atomic mass is 9.86. The number of nitrogens with one attached hydrogen (secondary N) is 1. The summed E-state index contributed by atoms with van der Waals surface area (Å²) in [5, 5.41) is 24.6. The molecule has 0 bridgehead atoms. The number of aryl methyl sites for hydroxylation is 1. The van der Waals surface area contributed by atoms with E-state index in [-0.39, 0.29) is 12.1 Å². The van der Waals surface area contributed by atoms with Gasteiger partial charge in [0.05, 0.1) is 17.8 Å². The molecule has 0 fully saturated rings. The van der Waals surface area contributed by atoms with Crippen molar-refractivity contribution in [2.24, 2.45) is 7.05 Å². The molecule has 0 aliphatic carbocycles. The van der Waals surface area contributed by atoms with E-state index in [0.717, 1.165) is 0 Å². The Kier molecular flexibility index (Phi) is 4.36. The largest absolute Gasteiger partial charge is 0.507 e. The van der Waals surface area contributed by atoms with Gasteiger partial charge in [0.15, 0.2) is 0 Å². The second-order valence-electron chi connectivity index (χ2n) is 4.91. The van der Waals surface area contributed by atoms with Gasteiger partial charge >= 0.3 is 13.2 Å². The summed E-state index contributed by atoms with van der Waals surface area (Å²) < 4.78 is 6.40. The second kappa shape index (κ2) is 5.41. The fraction of sp³-hybridized carbons (Fsp3) is 0.600. The normalized spacial score (nSPS) is 11.2. The van der Waals surface area contributed by atoms with Gasteiger partial charge in [-0.1, -0.05) is 0 Å². The van der Waals surface area contributed by atoms with E-state index in [4.69, 9.17) is 14.8 Å². The van der Waals surface area contributed by atoms with Crippen molar-refractivity contribution in [3.63, 3.8) is 0 Å². The van der Waals surface area contributed by atoms with Gasteiger partial charge in [0.25, 0.3) is 0 Å². The number of ether oxygens (including phenoxy) is 1. The number of carbonyl (C=O) groups is 1. The summed E-state index contributed by atoms with van der Waals surface area (Å²) in [6, 6.07) is 1.50. The molecule has 0 aliphatic heterocycles. The maximum absolute atomic E-state index is 11.4. The zero-order valence-corrected chi connectivity index (χ0v) is 11.0. The average Bonchev–Trinajstić information content (AvgIpc) is 2.54. The summed E-state index contributed by atoms with van der Waals surface area (Å²) >= 11 is 0. The molecule has 0 saturated heterocycles. The van der Waals surface area contributed by atoms with Gasteiger partial charge in [-0.05, 0) is 26.8 Å². The summed E-state index contributed by atoms with van der Waals surface area (Å²) in [7, 11) is 0.00364. The van der Waals surface area contributed by atoms with Crippen LogP contribution in [0.25, 0.3) is 0 Å². The molecule has 1 rings (SSSR count). The first-order valence-electron chi connectivity index (χ1n) is 5.55. The van der Waals surface area contributed by atoms with Crippen LogP contribution in [0.2, 0.25) is 0 Å². The highest BCUT2D eigenvalue weighted by atomic mass is 16.6. The Balaban J connectivity index is 2.54. The third-order valence-corrected chi connectivity index (χ3v) is 2.04. The lowest BCUT2D eigenvalue weighted by molar-refractivity contribution is 0.0523. The van der Waals surface area contributed by atoms with E-state index in [1.807, 2.05) is 0 Å². The van der Waals surface area contributed by atoms with Crippen molar-refractivity contribution in [2.45, 2.75) is 32.9 Å². The van der Waals surface area contributed by atoms with E-state index in [1.54, 1.807) is 27.8 Å². The number of rotatable bonds is 3. The van der Waals surface area contributed by atoms with Gasteiger partial charge in [-0.2, -0.15) is 5.10 Å². The van der Waals surface area contributed by atoms with Gasteiger partial charge in [-0.25, -0.2) is 4.79 Å². The standard InChI is InChI=1S/C10H18BN3O4/c1-10(2,3)18-9(15)12-6-7-5-8(11(16)17)14(4)13-7/h5,16-17H,6H2,1-4H3,(H,12,15). The molecule has 7 nitrogen and oxygen atoms in total. The predicted octanol–water partition coefficient (Wildman–Crippen LogP) is -0.875. The first-order valence-corrected chi connectivity index (χ1v) is 5.55. The van der Waals surface area contributed by atoms with Gasteiger partial charge < -0.3 is 20.1 Å². The van der Waals surface area contributed by atoms with Crippen LogP contribution in [-0.2, 0) is 18.3 Å². The number of aromatic nitrogens is 2. The van der Waals surface area contributed by atoms with E-state index in [1.165, 1.54) is 10.7 Å². The SMILES string of the molecule is Cn1nc(CNC(=O)OC(C)(C)C)cc1B(O)O. The third-order valence-electron chi connectivity index (χ3n) is 2.04. The van der Waals surface area contributed by atoms with Crippen LogP contribution in [0.3, 0.4) is 0 Å². The molecule has 1 heterocycles. The lowest BCUT2D eigenvalue weighted by Crippen LogP contribution is -2.35.